The smallest absolute Gasteiger partial charge is 0.407 e. The number of likely N-dealkylation sites (tertiary alicyclic amines) is 1. The Morgan fingerprint density at radius 2 is 1.75 bits per heavy atom. The Kier molecular flexibility index (Phi) is 13.1. The normalized spacial score (nSPS) is 24.1. The molecule has 0 aromatic heterocycles. The molecule has 312 valence electrons. The van der Waals surface area contributed by atoms with E-state index in [4.69, 9.17) is 14.2 Å². The number of carbonyl (C=O) groups excluding carboxylic acids is 3. The summed E-state index contributed by atoms with van der Waals surface area (Å²) in [5.74, 6) is -1.47. The number of benzene rings is 2. The second-order valence-electron chi connectivity index (χ2n) is 16.2. The van der Waals surface area contributed by atoms with Gasteiger partial charge in [-0.15, -0.1) is 0 Å². The summed E-state index contributed by atoms with van der Waals surface area (Å²) in [7, 11) is -1.37. The van der Waals surface area contributed by atoms with Gasteiger partial charge in [0.15, 0.2) is 9.84 Å². The van der Waals surface area contributed by atoms with Gasteiger partial charge in [0.05, 0.1) is 38.0 Å². The molecule has 3 saturated heterocycles. The fraction of sp³-hybridized carbons (Fsp3) is 0.585. The zero-order chi connectivity index (χ0) is 41.0. The molecule has 1 saturated carbocycles. The van der Waals surface area contributed by atoms with Gasteiger partial charge in [0.1, 0.15) is 16.9 Å². The molecular formula is C41H55F2N5O8S. The molecule has 6 rings (SSSR count). The number of halogens is 2. The van der Waals surface area contributed by atoms with E-state index >= 15 is 4.39 Å². The van der Waals surface area contributed by atoms with Gasteiger partial charge in [-0.1, -0.05) is 32.1 Å². The molecule has 1 aliphatic carbocycles. The summed E-state index contributed by atoms with van der Waals surface area (Å²) >= 11 is 0. The number of rotatable bonds is 12. The van der Waals surface area contributed by atoms with Crippen LogP contribution in [0.25, 0.3) is 0 Å². The monoisotopic (exact) mass is 815 g/mol. The number of piperidine rings is 1. The summed E-state index contributed by atoms with van der Waals surface area (Å²) in [5, 5.41) is 4.94. The predicted octanol–water partition coefficient (Wildman–Crippen LogP) is 4.51. The number of hydrogen-bond donors (Lipinski definition) is 2. The standard InChI is InChI=1S/C41H55F2N5O8S/c1-5-37(49)47-18-19-56-23-32(22-47)57(52,53)31-12-13-36(34(43)21-31)48-26-40(2,27-48)25-46-16-14-28(15-17-46)41(24-44-38(50)54-3,29-8-6-9-30(42)20-29)33-10-7-11-35(33)45-39(51)55-4/h5-6,8-9,12-13,20-21,28,32-33,35H,1,7,10-11,14-19,22-27H2,2-4H3,(H,44,50)(H,45,51)/t32-,33-,35-,41-/m0/s1. The number of sulfone groups is 1. The van der Waals surface area contributed by atoms with Crippen LogP contribution in [0.5, 0.6) is 0 Å². The molecular weight excluding hydrogens is 761 g/mol. The molecule has 16 heteroatoms. The first kappa shape index (κ1) is 42.3. The molecule has 0 radical (unpaired) electrons. The van der Waals surface area contributed by atoms with Crippen LogP contribution in [0.4, 0.5) is 24.1 Å². The highest BCUT2D eigenvalue weighted by atomic mass is 32.2. The Labute approximate surface area is 334 Å². The van der Waals surface area contributed by atoms with Gasteiger partial charge in [-0.3, -0.25) is 4.79 Å². The molecule has 2 N–H and O–H groups in total. The second kappa shape index (κ2) is 17.7. The number of nitrogens with zero attached hydrogens (tertiary/aromatic N) is 3. The second-order valence-corrected chi connectivity index (χ2v) is 18.5. The number of nitrogens with one attached hydrogen (secondary N) is 2. The predicted molar refractivity (Wildman–Crippen MR) is 210 cm³/mol. The Bertz CT molecular complexity index is 1900. The van der Waals surface area contributed by atoms with Crippen LogP contribution < -0.4 is 15.5 Å². The summed E-state index contributed by atoms with van der Waals surface area (Å²) in [5.41, 5.74) is 0.228. The molecule has 0 unspecified atom stereocenters. The van der Waals surface area contributed by atoms with Gasteiger partial charge >= 0.3 is 12.2 Å². The summed E-state index contributed by atoms with van der Waals surface area (Å²) in [6.45, 7) is 9.54. The van der Waals surface area contributed by atoms with E-state index in [1.807, 2.05) is 11.0 Å². The highest BCUT2D eigenvalue weighted by Gasteiger charge is 2.53. The maximum absolute atomic E-state index is 15.7. The van der Waals surface area contributed by atoms with Crippen molar-refractivity contribution < 1.29 is 45.8 Å². The van der Waals surface area contributed by atoms with E-state index in [0.29, 0.717) is 18.8 Å². The van der Waals surface area contributed by atoms with Crippen LogP contribution >= 0.6 is 0 Å². The average molecular weight is 816 g/mol. The third-order valence-electron chi connectivity index (χ3n) is 12.6. The fourth-order valence-electron chi connectivity index (χ4n) is 9.86. The van der Waals surface area contributed by atoms with E-state index in [0.717, 1.165) is 69.4 Å². The molecule has 2 aromatic carbocycles. The van der Waals surface area contributed by atoms with Crippen molar-refractivity contribution in [3.05, 3.63) is 72.3 Å². The first-order valence-electron chi connectivity index (χ1n) is 19.6. The first-order chi connectivity index (χ1) is 27.2. The van der Waals surface area contributed by atoms with Crippen molar-refractivity contribution in [1.82, 2.24) is 20.4 Å². The van der Waals surface area contributed by atoms with Gasteiger partial charge in [0.2, 0.25) is 5.91 Å². The van der Waals surface area contributed by atoms with Crippen LogP contribution in [-0.2, 0) is 34.3 Å². The van der Waals surface area contributed by atoms with Crippen LogP contribution in [0.15, 0.2) is 60.0 Å². The molecule has 4 aliphatic rings. The number of alkyl carbamates (subject to hydrolysis) is 2. The van der Waals surface area contributed by atoms with Gasteiger partial charge < -0.3 is 39.5 Å². The van der Waals surface area contributed by atoms with E-state index < -0.39 is 38.5 Å². The van der Waals surface area contributed by atoms with Gasteiger partial charge in [0, 0.05) is 56.1 Å². The van der Waals surface area contributed by atoms with Crippen LogP contribution in [-0.4, -0.2) is 127 Å². The van der Waals surface area contributed by atoms with Gasteiger partial charge in [-0.2, -0.15) is 0 Å². The van der Waals surface area contributed by atoms with E-state index in [1.54, 1.807) is 12.1 Å². The molecule has 4 atom stereocenters. The molecule has 4 fully saturated rings. The lowest BCUT2D eigenvalue weighted by Gasteiger charge is -2.54. The third-order valence-corrected chi connectivity index (χ3v) is 14.6. The number of amides is 3. The molecule has 0 bridgehead atoms. The highest BCUT2D eigenvalue weighted by Crippen LogP contribution is 2.51. The maximum atomic E-state index is 15.7. The number of methoxy groups -OCH3 is 2. The minimum absolute atomic E-state index is 0.0300. The van der Waals surface area contributed by atoms with Crippen LogP contribution in [0.1, 0.15) is 44.6 Å². The quantitative estimate of drug-likeness (QED) is 0.294. The summed E-state index contributed by atoms with van der Waals surface area (Å²) < 4.78 is 73.2. The minimum atomic E-state index is -4.00. The number of carbonyl (C=O) groups is 3. The zero-order valence-corrected chi connectivity index (χ0v) is 33.8. The van der Waals surface area contributed by atoms with Crippen LogP contribution in [0, 0.1) is 28.9 Å². The van der Waals surface area contributed by atoms with Crippen molar-refractivity contribution in [1.29, 1.82) is 0 Å². The molecule has 2 aromatic rings. The molecule has 3 amide bonds. The first-order valence-corrected chi connectivity index (χ1v) is 21.2. The highest BCUT2D eigenvalue weighted by molar-refractivity contribution is 7.92. The van der Waals surface area contributed by atoms with E-state index in [1.165, 1.54) is 37.3 Å². The Balaban J connectivity index is 1.13. The Morgan fingerprint density at radius 1 is 1.02 bits per heavy atom. The SMILES string of the molecule is C=CC(=O)N1CCOC[C@@H](S(=O)(=O)c2ccc(N3CC(C)(CN4CCC([C@@](CNC(=O)OC)(c5cccc(F)c5)[C@H]5CCC[C@@H]5NC(=O)OC)CC4)C3)c(F)c2)C1. The summed E-state index contributed by atoms with van der Waals surface area (Å²) in [4.78, 5) is 42.8. The Morgan fingerprint density at radius 3 is 2.42 bits per heavy atom. The minimum Gasteiger partial charge on any atom is -0.453 e. The van der Waals surface area contributed by atoms with Crippen molar-refractivity contribution in [2.24, 2.45) is 17.3 Å². The number of hydrogen-bond acceptors (Lipinski definition) is 10. The summed E-state index contributed by atoms with van der Waals surface area (Å²) in [6, 6.07) is 10.3. The summed E-state index contributed by atoms with van der Waals surface area (Å²) in [6.07, 6.45) is 3.91. The Hall–Kier alpha value is -4.28. The molecule has 3 heterocycles. The van der Waals surface area contributed by atoms with Gasteiger partial charge in [-0.05, 0) is 92.6 Å². The largest absolute Gasteiger partial charge is 0.453 e. The van der Waals surface area contributed by atoms with Gasteiger partial charge in [0.25, 0.3) is 0 Å². The average Bonchev–Trinajstić information content (AvgIpc) is 3.49. The van der Waals surface area contributed by atoms with Crippen molar-refractivity contribution in [3.63, 3.8) is 0 Å². The van der Waals surface area contributed by atoms with Crippen molar-refractivity contribution in [2.45, 2.75) is 60.6 Å². The maximum Gasteiger partial charge on any atom is 0.407 e. The topological polar surface area (TPSA) is 147 Å². The lowest BCUT2D eigenvalue weighted by Crippen LogP contribution is -2.61. The molecule has 13 nitrogen and oxygen atoms in total. The van der Waals surface area contributed by atoms with Crippen LogP contribution in [0.3, 0.4) is 0 Å². The molecule has 57 heavy (non-hydrogen) atoms. The van der Waals surface area contributed by atoms with E-state index in [9.17, 15) is 27.2 Å². The van der Waals surface area contributed by atoms with Crippen molar-refractivity contribution in [2.75, 3.05) is 84.7 Å². The number of anilines is 1. The third kappa shape index (κ3) is 9.07. The molecule has 3 aliphatic heterocycles. The van der Waals surface area contributed by atoms with Crippen molar-refractivity contribution >= 4 is 33.6 Å². The number of ether oxygens (including phenoxy) is 3. The van der Waals surface area contributed by atoms with Gasteiger partial charge in [-0.25, -0.2) is 26.8 Å². The van der Waals surface area contributed by atoms with Crippen molar-refractivity contribution in [3.8, 4) is 0 Å². The lowest BCUT2D eigenvalue weighted by atomic mass is 9.58. The lowest BCUT2D eigenvalue weighted by molar-refractivity contribution is -0.126. The van der Waals surface area contributed by atoms with Crippen LogP contribution in [0.2, 0.25) is 0 Å². The fourth-order valence-corrected chi connectivity index (χ4v) is 11.4. The van der Waals surface area contributed by atoms with E-state index in [2.05, 4.69) is 29.0 Å². The molecule has 0 spiro atoms. The van der Waals surface area contributed by atoms with E-state index in [-0.39, 0.29) is 72.8 Å². The zero-order valence-electron chi connectivity index (χ0n) is 33.0.